The first-order valence-corrected chi connectivity index (χ1v) is 16.5. The topological polar surface area (TPSA) is 39.2 Å². The Labute approximate surface area is 244 Å². The third-order valence-electron chi connectivity index (χ3n) is 14.7. The van der Waals surface area contributed by atoms with Crippen molar-refractivity contribution in [3.8, 4) is 0 Å². The molecule has 0 unspecified atom stereocenters. The molecule has 3 heteroatoms. The summed E-state index contributed by atoms with van der Waals surface area (Å²) in [7, 11) is 0. The number of pyridine rings is 1. The number of carbonyl (C=O) groups excluding carboxylic acids is 1. The first-order chi connectivity index (χ1) is 18.8. The maximum Gasteiger partial charge on any atom is 0.312 e. The Morgan fingerprint density at radius 1 is 0.900 bits per heavy atom. The van der Waals surface area contributed by atoms with E-state index < -0.39 is 0 Å². The average molecular weight is 546 g/mol. The largest absolute Gasteiger partial charge is 0.461 e. The summed E-state index contributed by atoms with van der Waals surface area (Å²) in [6.07, 6.45) is 15.1. The second kappa shape index (κ2) is 9.43. The normalized spacial score (nSPS) is 47.3. The summed E-state index contributed by atoms with van der Waals surface area (Å²) in [6, 6.07) is 5.75. The van der Waals surface area contributed by atoms with Gasteiger partial charge in [-0.05, 0) is 135 Å². The van der Waals surface area contributed by atoms with Gasteiger partial charge in [-0.2, -0.15) is 0 Å². The molecular weight excluding hydrogens is 490 g/mol. The van der Waals surface area contributed by atoms with E-state index in [0.717, 1.165) is 35.8 Å². The number of carbonyl (C=O) groups is 1. The van der Waals surface area contributed by atoms with E-state index in [1.165, 1.54) is 63.4 Å². The number of nitrogens with zero attached hydrogens (tertiary/aromatic N) is 1. The van der Waals surface area contributed by atoms with Gasteiger partial charge < -0.3 is 4.74 Å². The molecule has 0 aromatic carbocycles. The highest BCUT2D eigenvalue weighted by atomic mass is 16.5. The summed E-state index contributed by atoms with van der Waals surface area (Å²) in [5.41, 5.74) is 3.82. The molecule has 0 spiro atoms. The zero-order chi connectivity index (χ0) is 28.7. The lowest BCUT2D eigenvalue weighted by Gasteiger charge is -2.73. The summed E-state index contributed by atoms with van der Waals surface area (Å²) in [6.45, 7) is 22.4. The second-order valence-corrected chi connectivity index (χ2v) is 16.7. The van der Waals surface area contributed by atoms with Gasteiger partial charge in [0, 0.05) is 11.6 Å². The molecular formula is C37H55NO2. The van der Waals surface area contributed by atoms with Crippen LogP contribution in [0.15, 0.2) is 36.5 Å². The van der Waals surface area contributed by atoms with Crippen LogP contribution < -0.4 is 0 Å². The Bertz CT molecular complexity index is 1160. The van der Waals surface area contributed by atoms with Crippen molar-refractivity contribution < 1.29 is 9.53 Å². The quantitative estimate of drug-likeness (QED) is 0.280. The first-order valence-electron chi connectivity index (χ1n) is 16.5. The molecule has 5 aliphatic rings. The van der Waals surface area contributed by atoms with Gasteiger partial charge in [-0.1, -0.05) is 59.8 Å². The first kappa shape index (κ1) is 28.5. The van der Waals surface area contributed by atoms with Crippen molar-refractivity contribution in [2.75, 3.05) is 0 Å². The highest BCUT2D eigenvalue weighted by Crippen LogP contribution is 2.77. The van der Waals surface area contributed by atoms with Crippen molar-refractivity contribution >= 4 is 5.97 Å². The lowest BCUT2D eigenvalue weighted by molar-refractivity contribution is -0.249. The number of hydrogen-bond acceptors (Lipinski definition) is 3. The van der Waals surface area contributed by atoms with Gasteiger partial charge in [0.2, 0.25) is 0 Å². The predicted octanol–water partition coefficient (Wildman–Crippen LogP) is 9.21. The van der Waals surface area contributed by atoms with Gasteiger partial charge in [0.15, 0.2) is 0 Å². The van der Waals surface area contributed by atoms with E-state index in [0.29, 0.717) is 27.6 Å². The molecule has 1 heterocycles. The highest BCUT2D eigenvalue weighted by Gasteiger charge is 2.70. The van der Waals surface area contributed by atoms with Crippen LogP contribution in [-0.4, -0.2) is 17.1 Å². The SMILES string of the molecule is C=C(C)[C@@H]1CC[C@]2(C)CC[C@]3(C)[C@H](CC[C@@H]4[C@@]5(C)CC[C@H](OC(=O)Cc6ccccn6)C(C)(C)[C@@H]5CC[C@]43C)[C@@H]12. The van der Waals surface area contributed by atoms with Crippen molar-refractivity contribution in [2.24, 2.45) is 56.7 Å². The molecule has 0 radical (unpaired) electrons. The monoisotopic (exact) mass is 545 g/mol. The van der Waals surface area contributed by atoms with Gasteiger partial charge in [0.25, 0.3) is 0 Å². The molecule has 5 fully saturated rings. The number of aromatic nitrogens is 1. The van der Waals surface area contributed by atoms with Crippen molar-refractivity contribution in [1.29, 1.82) is 0 Å². The number of fused-ring (bicyclic) bond motifs is 7. The summed E-state index contributed by atoms with van der Waals surface area (Å²) < 4.78 is 6.28. The Morgan fingerprint density at radius 2 is 1.68 bits per heavy atom. The van der Waals surface area contributed by atoms with Crippen LogP contribution in [0.5, 0.6) is 0 Å². The predicted molar refractivity (Wildman–Crippen MR) is 162 cm³/mol. The highest BCUT2D eigenvalue weighted by molar-refractivity contribution is 5.72. The molecule has 0 amide bonds. The Morgan fingerprint density at radius 3 is 2.38 bits per heavy atom. The molecule has 0 N–H and O–H groups in total. The molecule has 1 aromatic heterocycles. The van der Waals surface area contributed by atoms with Crippen LogP contribution in [0.1, 0.15) is 118 Å². The molecule has 5 aliphatic carbocycles. The van der Waals surface area contributed by atoms with Crippen LogP contribution in [0.3, 0.4) is 0 Å². The van der Waals surface area contributed by atoms with Crippen LogP contribution in [0.25, 0.3) is 0 Å². The van der Waals surface area contributed by atoms with Crippen molar-refractivity contribution in [3.63, 3.8) is 0 Å². The Balaban J connectivity index is 1.25. The Hall–Kier alpha value is -1.64. The van der Waals surface area contributed by atoms with E-state index in [1.54, 1.807) is 6.20 Å². The number of rotatable bonds is 4. The maximum absolute atomic E-state index is 13.0. The minimum atomic E-state index is -0.122. The summed E-state index contributed by atoms with van der Waals surface area (Å²) in [5.74, 6) is 3.58. The van der Waals surface area contributed by atoms with E-state index >= 15 is 0 Å². The summed E-state index contributed by atoms with van der Waals surface area (Å²) in [4.78, 5) is 17.4. The third kappa shape index (κ3) is 3.94. The van der Waals surface area contributed by atoms with Gasteiger partial charge in [-0.15, -0.1) is 0 Å². The molecule has 40 heavy (non-hydrogen) atoms. The molecule has 6 rings (SSSR count). The molecule has 0 saturated heterocycles. The third-order valence-corrected chi connectivity index (χ3v) is 14.7. The van der Waals surface area contributed by atoms with E-state index in [4.69, 9.17) is 4.74 Å². The van der Waals surface area contributed by atoms with E-state index in [1.807, 2.05) is 18.2 Å². The van der Waals surface area contributed by atoms with Gasteiger partial charge in [0.05, 0.1) is 12.1 Å². The fraction of sp³-hybridized carbons (Fsp3) is 0.784. The lowest BCUT2D eigenvalue weighted by atomic mass is 9.32. The van der Waals surface area contributed by atoms with Crippen LogP contribution in [-0.2, 0) is 16.0 Å². The van der Waals surface area contributed by atoms with Gasteiger partial charge >= 0.3 is 5.97 Å². The van der Waals surface area contributed by atoms with Crippen molar-refractivity contribution in [3.05, 3.63) is 42.2 Å². The smallest absolute Gasteiger partial charge is 0.312 e. The molecule has 0 bridgehead atoms. The number of hydrogen-bond donors (Lipinski definition) is 0. The summed E-state index contributed by atoms with van der Waals surface area (Å²) in [5, 5.41) is 0. The van der Waals surface area contributed by atoms with Crippen LogP contribution in [0, 0.1) is 56.7 Å². The fourth-order valence-corrected chi connectivity index (χ4v) is 12.5. The molecule has 10 atom stereocenters. The number of esters is 1. The van der Waals surface area contributed by atoms with Crippen LogP contribution in [0.2, 0.25) is 0 Å². The molecule has 220 valence electrons. The minimum absolute atomic E-state index is 0.0109. The second-order valence-electron chi connectivity index (χ2n) is 16.7. The van der Waals surface area contributed by atoms with E-state index in [9.17, 15) is 4.79 Å². The van der Waals surface area contributed by atoms with Gasteiger partial charge in [-0.25, -0.2) is 0 Å². The van der Waals surface area contributed by atoms with Crippen LogP contribution in [0.4, 0.5) is 0 Å². The van der Waals surface area contributed by atoms with Crippen LogP contribution >= 0.6 is 0 Å². The number of allylic oxidation sites excluding steroid dienone is 1. The maximum atomic E-state index is 13.0. The lowest BCUT2D eigenvalue weighted by Crippen LogP contribution is -2.66. The standard InChI is InChI=1S/C37H55NO2/c1-24(2)26-14-17-34(5)20-21-36(7)27(32(26)34)12-13-29-35(6)18-16-30(33(3,4)28(35)15-19-37(29,36)8)40-31(39)23-25-11-9-10-22-38-25/h9-11,22,26-30,32H,1,12-21,23H2,2-8H3/t26-,27+,28-,29+,30-,32+,34+,35-,36+,37+/m0/s1. The molecule has 3 nitrogen and oxygen atoms in total. The fourth-order valence-electron chi connectivity index (χ4n) is 12.5. The van der Waals surface area contributed by atoms with Gasteiger partial charge in [-0.3, -0.25) is 9.78 Å². The average Bonchev–Trinajstić information content (AvgIpc) is 3.25. The Kier molecular flexibility index (Phi) is 6.72. The van der Waals surface area contributed by atoms with E-state index in [2.05, 4.69) is 60.0 Å². The molecule has 5 saturated carbocycles. The molecule has 0 aliphatic heterocycles. The van der Waals surface area contributed by atoms with E-state index in [-0.39, 0.29) is 23.9 Å². The summed E-state index contributed by atoms with van der Waals surface area (Å²) >= 11 is 0. The van der Waals surface area contributed by atoms with Gasteiger partial charge in [0.1, 0.15) is 6.10 Å². The minimum Gasteiger partial charge on any atom is -0.461 e. The van der Waals surface area contributed by atoms with Crippen molar-refractivity contribution in [2.45, 2.75) is 125 Å². The number of ether oxygens (including phenoxy) is 1. The molecule has 1 aromatic rings. The van der Waals surface area contributed by atoms with Crippen molar-refractivity contribution in [1.82, 2.24) is 4.98 Å². The zero-order valence-corrected chi connectivity index (χ0v) is 26.5. The zero-order valence-electron chi connectivity index (χ0n) is 26.5.